The number of carbonyl (C=O) groups is 3. The third kappa shape index (κ3) is 3.59. The molecule has 1 fully saturated rings. The maximum atomic E-state index is 14.6. The number of hydrogen-bond donors (Lipinski definition) is 1. The van der Waals surface area contributed by atoms with Crippen molar-refractivity contribution in [1.82, 2.24) is 10.2 Å². The van der Waals surface area contributed by atoms with Gasteiger partial charge in [-0.1, -0.05) is 19.9 Å². The summed E-state index contributed by atoms with van der Waals surface area (Å²) in [5, 5.41) is 3.48. The monoisotopic (exact) mass is 456 g/mol. The van der Waals surface area contributed by atoms with Crippen LogP contribution >= 0.6 is 11.3 Å². The highest BCUT2D eigenvalue weighted by Gasteiger charge is 2.71. The molecule has 1 saturated heterocycles. The molecule has 0 aromatic carbocycles. The molecule has 168 valence electrons. The Balaban J connectivity index is 1.84. The Morgan fingerprint density at radius 1 is 1.32 bits per heavy atom. The number of amides is 2. The average molecular weight is 456 g/mol. The average Bonchev–Trinajstić information content (AvgIpc) is 3.38. The largest absolute Gasteiger partial charge is 0.425 e. The Morgan fingerprint density at radius 2 is 2.06 bits per heavy atom. The Kier molecular flexibility index (Phi) is 5.28. The number of hydrogen-bond acceptors (Lipinski definition) is 5. The van der Waals surface area contributed by atoms with Gasteiger partial charge in [-0.05, 0) is 36.1 Å². The van der Waals surface area contributed by atoms with Crippen LogP contribution in [0.1, 0.15) is 49.2 Å². The van der Waals surface area contributed by atoms with Gasteiger partial charge in [-0.2, -0.15) is 13.2 Å². The molecule has 0 radical (unpaired) electrons. The molecule has 2 atom stereocenters. The zero-order valence-corrected chi connectivity index (χ0v) is 18.0. The number of thiophene rings is 1. The molecule has 1 aromatic heterocycles. The Morgan fingerprint density at radius 3 is 2.65 bits per heavy atom. The van der Waals surface area contributed by atoms with Crippen LogP contribution in [0.25, 0.3) is 0 Å². The summed E-state index contributed by atoms with van der Waals surface area (Å²) in [6.07, 6.45) is -4.25. The van der Waals surface area contributed by atoms with Crippen molar-refractivity contribution < 1.29 is 32.3 Å². The van der Waals surface area contributed by atoms with E-state index in [-0.39, 0.29) is 30.0 Å². The van der Waals surface area contributed by atoms with Gasteiger partial charge in [0.15, 0.2) is 5.78 Å². The first-order chi connectivity index (χ1) is 14.5. The molecule has 0 spiro atoms. The third-order valence-corrected chi connectivity index (χ3v) is 6.87. The standard InChI is InChI=1S/C21H23F3N2O4S/c1-19(2)9-13-16(14(27)10-19)20(21(22,23)24,25-17(28)15-6-4-8-31-15)18(29)26(13)11-12-5-3-7-30-12/h4,6,8,12H,3,5,7,9-11H2,1-2H3,(H,25,28)/t12-,20-/m0/s1. The van der Waals surface area contributed by atoms with Crippen LogP contribution in [0.2, 0.25) is 0 Å². The quantitative estimate of drug-likeness (QED) is 0.753. The van der Waals surface area contributed by atoms with Gasteiger partial charge in [0.1, 0.15) is 0 Å². The third-order valence-electron chi connectivity index (χ3n) is 6.00. The topological polar surface area (TPSA) is 75.7 Å². The Labute approximate surface area is 181 Å². The number of allylic oxidation sites excluding steroid dienone is 1. The van der Waals surface area contributed by atoms with E-state index in [2.05, 4.69) is 0 Å². The zero-order valence-electron chi connectivity index (χ0n) is 17.2. The summed E-state index contributed by atoms with van der Waals surface area (Å²) in [4.78, 5) is 40.2. The number of alkyl halides is 3. The van der Waals surface area contributed by atoms with E-state index in [1.165, 1.54) is 12.1 Å². The van der Waals surface area contributed by atoms with Crippen LogP contribution in [-0.4, -0.2) is 53.5 Å². The summed E-state index contributed by atoms with van der Waals surface area (Å²) < 4.78 is 49.4. The lowest BCUT2D eigenvalue weighted by Crippen LogP contribution is -2.66. The minimum Gasteiger partial charge on any atom is -0.376 e. The van der Waals surface area contributed by atoms with Crippen molar-refractivity contribution in [3.63, 3.8) is 0 Å². The normalized spacial score (nSPS) is 28.3. The molecule has 0 saturated carbocycles. The van der Waals surface area contributed by atoms with E-state index in [0.717, 1.165) is 22.7 Å². The van der Waals surface area contributed by atoms with E-state index in [4.69, 9.17) is 4.74 Å². The fourth-order valence-electron chi connectivity index (χ4n) is 4.65. The number of carbonyl (C=O) groups excluding carboxylic acids is 3. The van der Waals surface area contributed by atoms with E-state index in [1.807, 2.05) is 5.32 Å². The summed E-state index contributed by atoms with van der Waals surface area (Å²) in [5.41, 5.74) is -4.60. The highest BCUT2D eigenvalue weighted by atomic mass is 32.1. The van der Waals surface area contributed by atoms with Crippen LogP contribution in [0, 0.1) is 5.41 Å². The first kappa shape index (κ1) is 22.0. The van der Waals surface area contributed by atoms with Crippen molar-refractivity contribution in [3.8, 4) is 0 Å². The molecule has 10 heteroatoms. The van der Waals surface area contributed by atoms with Crippen molar-refractivity contribution >= 4 is 28.9 Å². The number of rotatable bonds is 4. The lowest BCUT2D eigenvalue weighted by atomic mass is 9.72. The highest BCUT2D eigenvalue weighted by Crippen LogP contribution is 2.52. The minimum atomic E-state index is -5.19. The molecule has 2 amide bonds. The van der Waals surface area contributed by atoms with Crippen LogP contribution in [-0.2, 0) is 14.3 Å². The summed E-state index contributed by atoms with van der Waals surface area (Å²) in [6.45, 7) is 3.96. The molecule has 1 aliphatic carbocycles. The van der Waals surface area contributed by atoms with Crippen LogP contribution in [0.4, 0.5) is 13.2 Å². The van der Waals surface area contributed by atoms with E-state index < -0.39 is 46.4 Å². The number of halogens is 3. The summed E-state index contributed by atoms with van der Waals surface area (Å²) in [6, 6.07) is 2.90. The minimum absolute atomic E-state index is 0.0275. The summed E-state index contributed by atoms with van der Waals surface area (Å²) in [5.74, 6) is -3.14. The van der Waals surface area contributed by atoms with Crippen molar-refractivity contribution in [1.29, 1.82) is 0 Å². The second-order valence-electron chi connectivity index (χ2n) is 8.99. The van der Waals surface area contributed by atoms with E-state index in [1.54, 1.807) is 19.2 Å². The summed E-state index contributed by atoms with van der Waals surface area (Å²) >= 11 is 0.957. The lowest BCUT2D eigenvalue weighted by Gasteiger charge is -2.35. The molecule has 0 unspecified atom stereocenters. The molecule has 0 bridgehead atoms. The Hall–Kier alpha value is -2.20. The molecule has 6 nitrogen and oxygen atoms in total. The fourth-order valence-corrected chi connectivity index (χ4v) is 5.27. The van der Waals surface area contributed by atoms with Gasteiger partial charge >= 0.3 is 6.18 Å². The van der Waals surface area contributed by atoms with Crippen molar-refractivity contribution in [2.45, 2.75) is 57.3 Å². The van der Waals surface area contributed by atoms with Crippen LogP contribution in [0.3, 0.4) is 0 Å². The maximum Gasteiger partial charge on any atom is 0.425 e. The second-order valence-corrected chi connectivity index (χ2v) is 9.94. The van der Waals surface area contributed by atoms with Gasteiger partial charge in [-0.3, -0.25) is 14.4 Å². The van der Waals surface area contributed by atoms with Crippen LogP contribution in [0.5, 0.6) is 0 Å². The van der Waals surface area contributed by atoms with Gasteiger partial charge < -0.3 is 15.0 Å². The van der Waals surface area contributed by atoms with Crippen molar-refractivity contribution in [2.75, 3.05) is 13.2 Å². The molecular weight excluding hydrogens is 433 g/mol. The lowest BCUT2D eigenvalue weighted by molar-refractivity contribution is -0.191. The number of Topliss-reactive ketones (excluding diaryl/α,β-unsaturated/α-hetero) is 1. The molecule has 1 aromatic rings. The van der Waals surface area contributed by atoms with Crippen LogP contribution in [0.15, 0.2) is 28.8 Å². The molecule has 4 rings (SSSR count). The SMILES string of the molecule is CC1(C)CC(=O)C2=C(C1)N(C[C@@H]1CCCO1)C(=O)[C@]2(NC(=O)c1cccs1)C(F)(F)F. The van der Waals surface area contributed by atoms with Gasteiger partial charge in [0.2, 0.25) is 5.54 Å². The molecule has 3 aliphatic rings. The molecule has 1 N–H and O–H groups in total. The number of nitrogens with zero attached hydrogens (tertiary/aromatic N) is 1. The fraction of sp³-hybridized carbons (Fsp3) is 0.571. The zero-order chi connectivity index (χ0) is 22.6. The molecule has 2 aliphatic heterocycles. The first-order valence-electron chi connectivity index (χ1n) is 10.1. The van der Waals surface area contributed by atoms with Gasteiger partial charge in [-0.25, -0.2) is 0 Å². The van der Waals surface area contributed by atoms with E-state index in [9.17, 15) is 27.6 Å². The smallest absolute Gasteiger partial charge is 0.376 e. The summed E-state index contributed by atoms with van der Waals surface area (Å²) in [7, 11) is 0. The Bertz CT molecular complexity index is 948. The van der Waals surface area contributed by atoms with Gasteiger partial charge in [0.05, 0.1) is 23.1 Å². The number of ketones is 1. The molecule has 3 heterocycles. The van der Waals surface area contributed by atoms with Gasteiger partial charge in [0.25, 0.3) is 11.8 Å². The van der Waals surface area contributed by atoms with Crippen LogP contribution < -0.4 is 5.32 Å². The second kappa shape index (κ2) is 7.44. The number of ether oxygens (including phenoxy) is 1. The predicted octanol–water partition coefficient (Wildman–Crippen LogP) is 3.44. The van der Waals surface area contributed by atoms with Gasteiger partial charge in [-0.15, -0.1) is 11.3 Å². The van der Waals surface area contributed by atoms with E-state index >= 15 is 0 Å². The van der Waals surface area contributed by atoms with Crippen molar-refractivity contribution in [2.24, 2.45) is 5.41 Å². The number of nitrogens with one attached hydrogen (secondary N) is 1. The van der Waals surface area contributed by atoms with Gasteiger partial charge in [0, 0.05) is 18.7 Å². The van der Waals surface area contributed by atoms with Crippen molar-refractivity contribution in [3.05, 3.63) is 33.7 Å². The predicted molar refractivity (Wildman–Crippen MR) is 106 cm³/mol. The first-order valence-corrected chi connectivity index (χ1v) is 11.0. The highest BCUT2D eigenvalue weighted by molar-refractivity contribution is 7.12. The molecule has 31 heavy (non-hydrogen) atoms. The van der Waals surface area contributed by atoms with E-state index in [0.29, 0.717) is 13.0 Å². The molecular formula is C21H23F3N2O4S. The maximum absolute atomic E-state index is 14.6.